The summed E-state index contributed by atoms with van der Waals surface area (Å²) < 4.78 is 71.3. The molecule has 0 saturated carbocycles. The van der Waals surface area contributed by atoms with Gasteiger partial charge in [-0.25, -0.2) is 13.2 Å². The molecule has 0 aromatic heterocycles. The van der Waals surface area contributed by atoms with E-state index in [-0.39, 0.29) is 23.2 Å². The smallest absolute Gasteiger partial charge is 0.260 e. The van der Waals surface area contributed by atoms with E-state index in [4.69, 9.17) is 11.6 Å². The van der Waals surface area contributed by atoms with Crippen molar-refractivity contribution >= 4 is 17.5 Å². The van der Waals surface area contributed by atoms with Crippen LogP contribution in [0.25, 0.3) is 0 Å². The first-order valence-corrected chi connectivity index (χ1v) is 7.22. The molecule has 0 radical (unpaired) electrons. The number of benzene rings is 2. The molecule has 2 aromatic carbocycles. The zero-order valence-electron chi connectivity index (χ0n) is 12.8. The Morgan fingerprint density at radius 1 is 1.08 bits per heavy atom. The Morgan fingerprint density at radius 3 is 2.24 bits per heavy atom. The first-order chi connectivity index (χ1) is 11.7. The van der Waals surface area contributed by atoms with E-state index >= 15 is 0 Å². The van der Waals surface area contributed by atoms with Crippen LogP contribution >= 0.6 is 11.6 Å². The molecule has 0 heterocycles. The average Bonchev–Trinajstić information content (AvgIpc) is 2.56. The highest BCUT2D eigenvalue weighted by molar-refractivity contribution is 6.31. The Morgan fingerprint density at radius 2 is 1.68 bits per heavy atom. The van der Waals surface area contributed by atoms with Crippen molar-refractivity contribution in [2.75, 3.05) is 13.7 Å². The molecule has 0 saturated heterocycles. The van der Waals surface area contributed by atoms with Crippen LogP contribution in [0.1, 0.15) is 5.56 Å². The summed E-state index contributed by atoms with van der Waals surface area (Å²) in [5, 5.41) is 0.0878. The molecule has 1 amide bonds. The van der Waals surface area contributed by atoms with Gasteiger partial charge in [-0.2, -0.15) is 8.78 Å². The third kappa shape index (κ3) is 4.19. The third-order valence-electron chi connectivity index (χ3n) is 3.29. The molecule has 0 bridgehead atoms. The fourth-order valence-corrected chi connectivity index (χ4v) is 2.15. The lowest BCUT2D eigenvalue weighted by Gasteiger charge is -2.19. The summed E-state index contributed by atoms with van der Waals surface area (Å²) in [5.41, 5.74) is 0.0363. The van der Waals surface area contributed by atoms with Gasteiger partial charge in [-0.05, 0) is 12.1 Å². The maximum atomic E-state index is 13.7. The summed E-state index contributed by atoms with van der Waals surface area (Å²) in [4.78, 5) is 12.9. The molecule has 0 atom stereocenters. The Kier molecular flexibility index (Phi) is 5.84. The summed E-state index contributed by atoms with van der Waals surface area (Å²) in [6.07, 6.45) is 0. The van der Waals surface area contributed by atoms with E-state index in [0.717, 1.165) is 11.0 Å². The molecule has 0 N–H and O–H groups in total. The molecule has 3 nitrogen and oxygen atoms in total. The first kappa shape index (κ1) is 19.0. The van der Waals surface area contributed by atoms with E-state index in [1.54, 1.807) is 0 Å². The monoisotopic (exact) mass is 379 g/mol. The van der Waals surface area contributed by atoms with Crippen LogP contribution in [0.5, 0.6) is 5.75 Å². The van der Waals surface area contributed by atoms with Crippen molar-refractivity contribution in [2.45, 2.75) is 6.54 Å². The van der Waals surface area contributed by atoms with Crippen LogP contribution in [-0.2, 0) is 11.3 Å². The van der Waals surface area contributed by atoms with Crippen LogP contribution < -0.4 is 4.74 Å². The minimum Gasteiger partial charge on any atom is -0.477 e. The zero-order valence-corrected chi connectivity index (χ0v) is 13.5. The highest BCUT2D eigenvalue weighted by atomic mass is 35.5. The number of likely N-dealkylation sites (N-methyl/N-ethyl adjacent to an activating group) is 1. The molecule has 0 spiro atoms. The second kappa shape index (κ2) is 7.69. The van der Waals surface area contributed by atoms with Crippen molar-refractivity contribution in [1.82, 2.24) is 4.90 Å². The van der Waals surface area contributed by atoms with Gasteiger partial charge < -0.3 is 9.64 Å². The molecule has 0 aliphatic rings. The quantitative estimate of drug-likeness (QED) is 0.579. The van der Waals surface area contributed by atoms with Crippen molar-refractivity contribution in [3.63, 3.8) is 0 Å². The fraction of sp³-hybridized carbons (Fsp3) is 0.188. The zero-order chi connectivity index (χ0) is 18.7. The number of nitrogens with zero attached hydrogens (tertiary/aromatic N) is 1. The molecule has 2 aromatic rings. The average molecular weight is 380 g/mol. The fourth-order valence-electron chi connectivity index (χ4n) is 1.93. The summed E-state index contributed by atoms with van der Waals surface area (Å²) in [6, 6.07) is 3.98. The lowest BCUT2D eigenvalue weighted by atomic mass is 10.2. The van der Waals surface area contributed by atoms with Crippen LogP contribution in [0.15, 0.2) is 24.3 Å². The summed E-state index contributed by atoms with van der Waals surface area (Å²) in [6.45, 7) is -1.16. The van der Waals surface area contributed by atoms with Crippen molar-refractivity contribution in [3.8, 4) is 5.75 Å². The predicted octanol–water partition coefficient (Wildman–Crippen LogP) is 4.07. The lowest BCUT2D eigenvalue weighted by Crippen LogP contribution is -2.31. The largest absolute Gasteiger partial charge is 0.477 e. The topological polar surface area (TPSA) is 29.5 Å². The van der Waals surface area contributed by atoms with E-state index in [1.807, 2.05) is 0 Å². The minimum atomic E-state index is -1.76. The third-order valence-corrected chi connectivity index (χ3v) is 3.65. The van der Waals surface area contributed by atoms with Gasteiger partial charge in [0.25, 0.3) is 5.91 Å². The van der Waals surface area contributed by atoms with Gasteiger partial charge in [0.15, 0.2) is 24.0 Å². The predicted molar refractivity (Wildman–Crippen MR) is 79.7 cm³/mol. The Labute approximate surface area is 144 Å². The van der Waals surface area contributed by atoms with Gasteiger partial charge in [-0.15, -0.1) is 0 Å². The second-order valence-electron chi connectivity index (χ2n) is 5.04. The summed E-state index contributed by atoms with van der Waals surface area (Å²) >= 11 is 5.84. The van der Waals surface area contributed by atoms with E-state index in [9.17, 15) is 26.7 Å². The highest BCUT2D eigenvalue weighted by Gasteiger charge is 2.22. The van der Waals surface area contributed by atoms with Crippen molar-refractivity contribution < 1.29 is 31.5 Å². The Hall–Kier alpha value is -2.35. The second-order valence-corrected chi connectivity index (χ2v) is 5.44. The van der Waals surface area contributed by atoms with E-state index in [2.05, 4.69) is 4.74 Å². The lowest BCUT2D eigenvalue weighted by molar-refractivity contribution is -0.132. The number of hydrogen-bond donors (Lipinski definition) is 0. The Balaban J connectivity index is 2.08. The number of ether oxygens (including phenoxy) is 1. The summed E-state index contributed by atoms with van der Waals surface area (Å²) in [7, 11) is 1.27. The van der Waals surface area contributed by atoms with Gasteiger partial charge in [0, 0.05) is 30.2 Å². The van der Waals surface area contributed by atoms with Crippen LogP contribution in [0.4, 0.5) is 22.0 Å². The van der Waals surface area contributed by atoms with Crippen LogP contribution in [-0.4, -0.2) is 24.5 Å². The van der Waals surface area contributed by atoms with Gasteiger partial charge in [0.05, 0.1) is 0 Å². The highest BCUT2D eigenvalue weighted by Crippen LogP contribution is 2.26. The molecular weight excluding hydrogens is 369 g/mol. The SMILES string of the molecule is CN(Cc1c(F)cccc1Cl)C(=O)COc1c(F)c(F)cc(F)c1F. The van der Waals surface area contributed by atoms with Gasteiger partial charge in [0.2, 0.25) is 11.6 Å². The minimum absolute atomic E-state index is 0.0195. The molecule has 0 unspecified atom stereocenters. The number of amides is 1. The first-order valence-electron chi connectivity index (χ1n) is 6.85. The van der Waals surface area contributed by atoms with Gasteiger partial charge >= 0.3 is 0 Å². The molecule has 0 aliphatic heterocycles. The van der Waals surface area contributed by atoms with Crippen molar-refractivity contribution in [2.24, 2.45) is 0 Å². The molecule has 2 rings (SSSR count). The maximum Gasteiger partial charge on any atom is 0.260 e. The van der Waals surface area contributed by atoms with Crippen molar-refractivity contribution in [3.05, 3.63) is 63.9 Å². The van der Waals surface area contributed by atoms with Crippen LogP contribution in [0, 0.1) is 29.1 Å². The standard InChI is InChI=1S/C16H11ClF5NO2/c1-23(6-8-9(17)3-2-4-10(8)18)13(24)7-25-16-14(21)11(19)5-12(20)15(16)22/h2-5H,6-7H2,1H3. The molecule has 0 fully saturated rings. The number of carbonyl (C=O) groups is 1. The van der Waals surface area contributed by atoms with E-state index in [1.165, 1.54) is 19.2 Å². The normalized spacial score (nSPS) is 10.7. The number of carbonyl (C=O) groups excluding carboxylic acids is 1. The number of halogens is 6. The van der Waals surface area contributed by atoms with Gasteiger partial charge in [-0.3, -0.25) is 4.79 Å². The van der Waals surface area contributed by atoms with Crippen molar-refractivity contribution in [1.29, 1.82) is 0 Å². The Bertz CT molecular complexity index is 769. The molecule has 25 heavy (non-hydrogen) atoms. The molecule has 9 heteroatoms. The van der Waals surface area contributed by atoms with E-state index < -0.39 is 47.3 Å². The van der Waals surface area contributed by atoms with Crippen LogP contribution in [0.2, 0.25) is 5.02 Å². The number of rotatable bonds is 5. The molecule has 0 aliphatic carbocycles. The summed E-state index contributed by atoms with van der Waals surface area (Å²) in [5.74, 6) is -9.64. The van der Waals surface area contributed by atoms with Crippen LogP contribution in [0.3, 0.4) is 0 Å². The number of hydrogen-bond acceptors (Lipinski definition) is 2. The van der Waals surface area contributed by atoms with Gasteiger partial charge in [0.1, 0.15) is 5.82 Å². The van der Waals surface area contributed by atoms with Gasteiger partial charge in [-0.1, -0.05) is 17.7 Å². The maximum absolute atomic E-state index is 13.7. The molecule has 134 valence electrons. The molecular formula is C16H11ClF5NO2. The van der Waals surface area contributed by atoms with E-state index in [0.29, 0.717) is 0 Å².